The van der Waals surface area contributed by atoms with Gasteiger partial charge in [-0.25, -0.2) is 0 Å². The van der Waals surface area contributed by atoms with Crippen LogP contribution in [0.3, 0.4) is 0 Å². The maximum atomic E-state index is 12.8. The van der Waals surface area contributed by atoms with Crippen LogP contribution in [0.2, 0.25) is 10.0 Å². The number of ether oxygens (including phenoxy) is 2. The fraction of sp³-hybridized carbons (Fsp3) is 0.174. The molecule has 4 nitrogen and oxygen atoms in total. The molecule has 1 N–H and O–H groups in total. The first-order valence-corrected chi connectivity index (χ1v) is 9.94. The standard InChI is InChI=1S/C23H21Cl2NO3/c1-3-28-21-11-9-16(23(27)26-20-13-18(24)10-8-15(20)2)12-17(21)14-29-22-7-5-4-6-19(22)25/h4-13H,3,14H2,1-2H3,(H,26,27). The molecule has 0 aliphatic heterocycles. The number of hydrogen-bond donors (Lipinski definition) is 1. The number of carbonyl (C=O) groups is 1. The van der Waals surface area contributed by atoms with Crippen LogP contribution in [-0.4, -0.2) is 12.5 Å². The van der Waals surface area contributed by atoms with Crippen LogP contribution in [0.4, 0.5) is 5.69 Å². The van der Waals surface area contributed by atoms with Crippen molar-refractivity contribution >= 4 is 34.8 Å². The Balaban J connectivity index is 1.82. The number of amides is 1. The number of rotatable bonds is 7. The number of aryl methyl sites for hydroxylation is 1. The molecule has 0 aliphatic rings. The van der Waals surface area contributed by atoms with Crippen molar-refractivity contribution in [3.05, 3.63) is 87.4 Å². The van der Waals surface area contributed by atoms with Gasteiger partial charge in [-0.1, -0.05) is 41.4 Å². The number of carbonyl (C=O) groups excluding carboxylic acids is 1. The van der Waals surface area contributed by atoms with E-state index in [1.807, 2.05) is 32.0 Å². The molecule has 0 heterocycles. The van der Waals surface area contributed by atoms with Crippen LogP contribution in [0.5, 0.6) is 11.5 Å². The number of nitrogens with one attached hydrogen (secondary N) is 1. The lowest BCUT2D eigenvalue weighted by atomic mass is 10.1. The van der Waals surface area contributed by atoms with Crippen molar-refractivity contribution in [2.75, 3.05) is 11.9 Å². The molecular weight excluding hydrogens is 409 g/mol. The molecule has 0 saturated carbocycles. The summed E-state index contributed by atoms with van der Waals surface area (Å²) in [5.74, 6) is 0.994. The van der Waals surface area contributed by atoms with Crippen molar-refractivity contribution in [1.82, 2.24) is 0 Å². The Hall–Kier alpha value is -2.69. The van der Waals surface area contributed by atoms with Gasteiger partial charge >= 0.3 is 0 Å². The molecule has 0 fully saturated rings. The highest BCUT2D eigenvalue weighted by atomic mass is 35.5. The van der Waals surface area contributed by atoms with Crippen molar-refractivity contribution in [1.29, 1.82) is 0 Å². The summed E-state index contributed by atoms with van der Waals surface area (Å²) in [6, 6.07) is 17.9. The van der Waals surface area contributed by atoms with Gasteiger partial charge in [-0.3, -0.25) is 4.79 Å². The third-order valence-electron chi connectivity index (χ3n) is 4.29. The Kier molecular flexibility index (Phi) is 7.02. The number of hydrogen-bond acceptors (Lipinski definition) is 3. The summed E-state index contributed by atoms with van der Waals surface area (Å²) >= 11 is 12.2. The average molecular weight is 430 g/mol. The summed E-state index contributed by atoms with van der Waals surface area (Å²) in [4.78, 5) is 12.8. The highest BCUT2D eigenvalue weighted by Gasteiger charge is 2.13. The molecule has 0 bridgehead atoms. The van der Waals surface area contributed by atoms with Gasteiger partial charge in [0.25, 0.3) is 5.91 Å². The molecule has 3 aromatic carbocycles. The minimum absolute atomic E-state index is 0.219. The van der Waals surface area contributed by atoms with E-state index in [0.717, 1.165) is 11.1 Å². The Morgan fingerprint density at radius 2 is 1.76 bits per heavy atom. The summed E-state index contributed by atoms with van der Waals surface area (Å²) in [5.41, 5.74) is 2.84. The lowest BCUT2D eigenvalue weighted by molar-refractivity contribution is 0.102. The van der Waals surface area contributed by atoms with Crippen molar-refractivity contribution in [2.45, 2.75) is 20.5 Å². The molecule has 0 atom stereocenters. The number of para-hydroxylation sites is 1. The van der Waals surface area contributed by atoms with Crippen LogP contribution in [0, 0.1) is 6.92 Å². The molecular formula is C23H21Cl2NO3. The largest absolute Gasteiger partial charge is 0.493 e. The summed E-state index contributed by atoms with van der Waals surface area (Å²) in [5, 5.41) is 3.99. The molecule has 3 rings (SSSR count). The van der Waals surface area contributed by atoms with Gasteiger partial charge in [-0.15, -0.1) is 0 Å². The van der Waals surface area contributed by atoms with Crippen molar-refractivity contribution in [2.24, 2.45) is 0 Å². The number of benzene rings is 3. The molecule has 0 aromatic heterocycles. The van der Waals surface area contributed by atoms with Gasteiger partial charge < -0.3 is 14.8 Å². The zero-order valence-electron chi connectivity index (χ0n) is 16.2. The maximum Gasteiger partial charge on any atom is 0.255 e. The first-order chi connectivity index (χ1) is 14.0. The quantitative estimate of drug-likeness (QED) is 0.464. The third kappa shape index (κ3) is 5.43. The van der Waals surface area contributed by atoms with Crippen LogP contribution in [0.25, 0.3) is 0 Å². The lowest BCUT2D eigenvalue weighted by Crippen LogP contribution is -2.14. The van der Waals surface area contributed by atoms with Crippen molar-refractivity contribution in [3.63, 3.8) is 0 Å². The van der Waals surface area contributed by atoms with Crippen LogP contribution in [0.15, 0.2) is 60.7 Å². The van der Waals surface area contributed by atoms with Gasteiger partial charge in [0.15, 0.2) is 0 Å². The average Bonchev–Trinajstić information content (AvgIpc) is 2.71. The molecule has 0 unspecified atom stereocenters. The molecule has 150 valence electrons. The van der Waals surface area contributed by atoms with Crippen molar-refractivity contribution < 1.29 is 14.3 Å². The van der Waals surface area contributed by atoms with E-state index in [9.17, 15) is 4.79 Å². The predicted molar refractivity (Wildman–Crippen MR) is 118 cm³/mol. The van der Waals surface area contributed by atoms with Crippen LogP contribution < -0.4 is 14.8 Å². The molecule has 0 radical (unpaired) electrons. The first kappa shape index (κ1) is 21.0. The highest BCUT2D eigenvalue weighted by Crippen LogP contribution is 2.27. The van der Waals surface area contributed by atoms with Gasteiger partial charge in [0.1, 0.15) is 18.1 Å². The third-order valence-corrected chi connectivity index (χ3v) is 4.84. The fourth-order valence-electron chi connectivity index (χ4n) is 2.77. The van der Waals surface area contributed by atoms with Crippen LogP contribution in [-0.2, 0) is 6.61 Å². The molecule has 1 amide bonds. The Morgan fingerprint density at radius 3 is 2.52 bits per heavy atom. The molecule has 6 heteroatoms. The van der Waals surface area contributed by atoms with E-state index in [1.54, 1.807) is 42.5 Å². The Morgan fingerprint density at radius 1 is 0.966 bits per heavy atom. The predicted octanol–water partition coefficient (Wildman–Crippen LogP) is 6.53. The number of halogens is 2. The van der Waals surface area contributed by atoms with Gasteiger partial charge in [-0.05, 0) is 61.9 Å². The van der Waals surface area contributed by atoms with Gasteiger partial charge in [0.05, 0.1) is 11.6 Å². The fourth-order valence-corrected chi connectivity index (χ4v) is 3.13. The van der Waals surface area contributed by atoms with E-state index in [-0.39, 0.29) is 12.5 Å². The zero-order valence-corrected chi connectivity index (χ0v) is 17.7. The SMILES string of the molecule is CCOc1ccc(C(=O)Nc2cc(Cl)ccc2C)cc1COc1ccccc1Cl. The Labute approximate surface area is 180 Å². The van der Waals surface area contributed by atoms with E-state index in [2.05, 4.69) is 5.32 Å². The Bertz CT molecular complexity index is 1020. The summed E-state index contributed by atoms with van der Waals surface area (Å²) in [7, 11) is 0. The minimum atomic E-state index is -0.239. The van der Waals surface area contributed by atoms with Crippen LogP contribution >= 0.6 is 23.2 Å². The van der Waals surface area contributed by atoms with Gasteiger partial charge in [0.2, 0.25) is 0 Å². The minimum Gasteiger partial charge on any atom is -0.493 e. The van der Waals surface area contributed by atoms with E-state index in [4.69, 9.17) is 32.7 Å². The van der Waals surface area contributed by atoms with Gasteiger partial charge in [-0.2, -0.15) is 0 Å². The summed E-state index contributed by atoms with van der Waals surface area (Å²) in [6.45, 7) is 4.54. The molecule has 0 aliphatic carbocycles. The molecule has 0 spiro atoms. The monoisotopic (exact) mass is 429 g/mol. The van der Waals surface area contributed by atoms with Crippen molar-refractivity contribution in [3.8, 4) is 11.5 Å². The second-order valence-electron chi connectivity index (χ2n) is 6.39. The molecule has 3 aromatic rings. The zero-order chi connectivity index (χ0) is 20.8. The topological polar surface area (TPSA) is 47.6 Å². The van der Waals surface area contributed by atoms with E-state index < -0.39 is 0 Å². The smallest absolute Gasteiger partial charge is 0.255 e. The van der Waals surface area contributed by atoms with E-state index in [1.165, 1.54) is 0 Å². The highest BCUT2D eigenvalue weighted by molar-refractivity contribution is 6.32. The normalized spacial score (nSPS) is 10.5. The van der Waals surface area contributed by atoms with E-state index in [0.29, 0.717) is 39.4 Å². The molecule has 0 saturated heterocycles. The molecule has 29 heavy (non-hydrogen) atoms. The second-order valence-corrected chi connectivity index (χ2v) is 7.23. The lowest BCUT2D eigenvalue weighted by Gasteiger charge is -2.14. The first-order valence-electron chi connectivity index (χ1n) is 9.18. The summed E-state index contributed by atoms with van der Waals surface area (Å²) < 4.78 is 11.5. The maximum absolute atomic E-state index is 12.8. The second kappa shape index (κ2) is 9.68. The van der Waals surface area contributed by atoms with E-state index >= 15 is 0 Å². The van der Waals surface area contributed by atoms with Crippen LogP contribution in [0.1, 0.15) is 28.4 Å². The summed E-state index contributed by atoms with van der Waals surface area (Å²) in [6.07, 6.45) is 0. The number of anilines is 1. The van der Waals surface area contributed by atoms with Gasteiger partial charge in [0, 0.05) is 21.8 Å².